The van der Waals surface area contributed by atoms with Gasteiger partial charge in [-0.1, -0.05) is 0 Å². The van der Waals surface area contributed by atoms with Crippen molar-refractivity contribution >= 4 is 5.91 Å². The Morgan fingerprint density at radius 3 is 2.81 bits per heavy atom. The summed E-state index contributed by atoms with van der Waals surface area (Å²) < 4.78 is 4.00. The van der Waals surface area contributed by atoms with Crippen LogP contribution < -0.4 is 5.32 Å². The van der Waals surface area contributed by atoms with Gasteiger partial charge in [-0.05, 0) is 19.9 Å². The van der Waals surface area contributed by atoms with E-state index in [1.54, 1.807) is 0 Å². The first-order chi connectivity index (χ1) is 12.5. The van der Waals surface area contributed by atoms with Gasteiger partial charge in [-0.25, -0.2) is 0 Å². The molecule has 0 fully saturated rings. The van der Waals surface area contributed by atoms with Crippen LogP contribution in [0.2, 0.25) is 0 Å². The average Bonchev–Trinajstić information content (AvgIpc) is 3.13. The highest BCUT2D eigenvalue weighted by Gasteiger charge is 2.21. The second kappa shape index (κ2) is 8.01. The molecule has 1 amide bonds. The molecular formula is C18H28N6O2. The number of hydrogen-bond donors (Lipinski definition) is 2. The monoisotopic (exact) mass is 360 g/mol. The molecule has 1 aliphatic heterocycles. The zero-order valence-electron chi connectivity index (χ0n) is 15.8. The number of fused-ring (bicyclic) bond motifs is 1. The van der Waals surface area contributed by atoms with Gasteiger partial charge in [0, 0.05) is 57.3 Å². The van der Waals surface area contributed by atoms with Gasteiger partial charge in [-0.3, -0.25) is 19.1 Å². The number of nitrogens with one attached hydrogen (secondary N) is 1. The summed E-state index contributed by atoms with van der Waals surface area (Å²) in [6.45, 7) is 8.03. The Labute approximate surface area is 153 Å². The van der Waals surface area contributed by atoms with E-state index in [4.69, 9.17) is 5.11 Å². The lowest BCUT2D eigenvalue weighted by molar-refractivity contribution is -0.121. The number of aliphatic hydroxyl groups is 1. The minimum atomic E-state index is -0.0471. The summed E-state index contributed by atoms with van der Waals surface area (Å²) >= 11 is 0. The normalized spacial score (nSPS) is 14.5. The van der Waals surface area contributed by atoms with Gasteiger partial charge >= 0.3 is 0 Å². The molecule has 2 aromatic rings. The van der Waals surface area contributed by atoms with Gasteiger partial charge < -0.3 is 10.4 Å². The first-order valence-electron chi connectivity index (χ1n) is 9.12. The Balaban J connectivity index is 1.59. The molecule has 0 unspecified atom stereocenters. The Morgan fingerprint density at radius 1 is 1.31 bits per heavy atom. The first kappa shape index (κ1) is 18.6. The fraction of sp³-hybridized carbons (Fsp3) is 0.611. The van der Waals surface area contributed by atoms with Crippen LogP contribution in [0.25, 0.3) is 0 Å². The molecule has 3 rings (SSSR count). The van der Waals surface area contributed by atoms with Crippen molar-refractivity contribution in [3.63, 3.8) is 0 Å². The maximum atomic E-state index is 11.7. The molecule has 0 saturated heterocycles. The van der Waals surface area contributed by atoms with Crippen molar-refractivity contribution in [2.75, 3.05) is 19.7 Å². The smallest absolute Gasteiger partial charge is 0.220 e. The maximum Gasteiger partial charge on any atom is 0.220 e. The minimum Gasteiger partial charge on any atom is -0.395 e. The Kier molecular flexibility index (Phi) is 5.73. The molecule has 0 spiro atoms. The summed E-state index contributed by atoms with van der Waals surface area (Å²) in [4.78, 5) is 14.1. The van der Waals surface area contributed by atoms with Crippen LogP contribution in [-0.4, -0.2) is 55.2 Å². The molecule has 0 aliphatic carbocycles. The highest BCUT2D eigenvalue weighted by molar-refractivity contribution is 5.76. The summed E-state index contributed by atoms with van der Waals surface area (Å²) in [5, 5.41) is 20.5. The number of rotatable bonds is 7. The largest absolute Gasteiger partial charge is 0.395 e. The first-order valence-corrected chi connectivity index (χ1v) is 9.12. The number of nitrogens with zero attached hydrogens (tertiary/aromatic N) is 5. The van der Waals surface area contributed by atoms with E-state index in [1.165, 1.54) is 17.0 Å². The number of aromatic nitrogens is 4. The fourth-order valence-electron chi connectivity index (χ4n) is 3.43. The van der Waals surface area contributed by atoms with Crippen LogP contribution in [0.5, 0.6) is 0 Å². The SMILES string of the molecule is Cc1nn(C)c(C)c1CN1CCn2nc(CCC(=O)NCCO)cc2C1. The van der Waals surface area contributed by atoms with Gasteiger partial charge in [0.25, 0.3) is 0 Å². The van der Waals surface area contributed by atoms with E-state index in [-0.39, 0.29) is 12.5 Å². The molecule has 0 atom stereocenters. The van der Waals surface area contributed by atoms with Crippen LogP contribution in [0.15, 0.2) is 6.07 Å². The Bertz CT molecular complexity index is 779. The van der Waals surface area contributed by atoms with Gasteiger partial charge in [0.15, 0.2) is 0 Å². The van der Waals surface area contributed by atoms with E-state index in [0.29, 0.717) is 19.4 Å². The van der Waals surface area contributed by atoms with E-state index < -0.39 is 0 Å². The second-order valence-electron chi connectivity index (χ2n) is 6.91. The number of carbonyl (C=O) groups is 1. The summed E-state index contributed by atoms with van der Waals surface area (Å²) in [5.74, 6) is -0.0471. The summed E-state index contributed by atoms with van der Waals surface area (Å²) in [6, 6.07) is 2.11. The maximum absolute atomic E-state index is 11.7. The molecule has 8 nitrogen and oxygen atoms in total. The van der Waals surface area contributed by atoms with Crippen molar-refractivity contribution < 1.29 is 9.90 Å². The predicted molar refractivity (Wildman–Crippen MR) is 97.4 cm³/mol. The van der Waals surface area contributed by atoms with Crippen LogP contribution in [0.3, 0.4) is 0 Å². The molecule has 26 heavy (non-hydrogen) atoms. The summed E-state index contributed by atoms with van der Waals surface area (Å²) in [7, 11) is 1.99. The van der Waals surface area contributed by atoms with E-state index in [0.717, 1.165) is 37.6 Å². The molecule has 8 heteroatoms. The van der Waals surface area contributed by atoms with E-state index in [2.05, 4.69) is 45.0 Å². The minimum absolute atomic E-state index is 0.0315. The Morgan fingerprint density at radius 2 is 2.12 bits per heavy atom. The number of carbonyl (C=O) groups excluding carboxylic acids is 1. The number of aliphatic hydroxyl groups excluding tert-OH is 1. The van der Waals surface area contributed by atoms with Crippen molar-refractivity contribution in [3.05, 3.63) is 34.4 Å². The van der Waals surface area contributed by atoms with Crippen molar-refractivity contribution in [2.24, 2.45) is 7.05 Å². The van der Waals surface area contributed by atoms with E-state index in [9.17, 15) is 4.79 Å². The molecular weight excluding hydrogens is 332 g/mol. The zero-order chi connectivity index (χ0) is 18.7. The van der Waals surface area contributed by atoms with Gasteiger partial charge in [0.05, 0.1) is 30.2 Å². The van der Waals surface area contributed by atoms with E-state index in [1.807, 2.05) is 11.7 Å². The quantitative estimate of drug-likeness (QED) is 0.741. The molecule has 1 aliphatic rings. The van der Waals surface area contributed by atoms with Crippen LogP contribution in [0, 0.1) is 13.8 Å². The lowest BCUT2D eigenvalue weighted by atomic mass is 10.1. The third kappa shape index (κ3) is 4.13. The van der Waals surface area contributed by atoms with Crippen molar-refractivity contribution in [3.8, 4) is 0 Å². The van der Waals surface area contributed by atoms with Crippen LogP contribution >= 0.6 is 0 Å². The Hall–Kier alpha value is -2.19. The van der Waals surface area contributed by atoms with Crippen molar-refractivity contribution in [1.82, 2.24) is 29.8 Å². The van der Waals surface area contributed by atoms with Crippen molar-refractivity contribution in [2.45, 2.75) is 46.3 Å². The van der Waals surface area contributed by atoms with E-state index >= 15 is 0 Å². The zero-order valence-corrected chi connectivity index (χ0v) is 15.8. The lowest BCUT2D eigenvalue weighted by Gasteiger charge is -2.27. The third-order valence-corrected chi connectivity index (χ3v) is 5.01. The average molecular weight is 360 g/mol. The van der Waals surface area contributed by atoms with Gasteiger partial charge in [-0.15, -0.1) is 0 Å². The van der Waals surface area contributed by atoms with Crippen molar-refractivity contribution in [1.29, 1.82) is 0 Å². The van der Waals surface area contributed by atoms with Gasteiger partial charge in [0.2, 0.25) is 5.91 Å². The molecule has 2 aromatic heterocycles. The van der Waals surface area contributed by atoms with Crippen LogP contribution in [0.4, 0.5) is 0 Å². The number of amides is 1. The molecule has 0 radical (unpaired) electrons. The molecule has 0 aromatic carbocycles. The van der Waals surface area contributed by atoms with Crippen LogP contribution in [-0.2, 0) is 37.9 Å². The third-order valence-electron chi connectivity index (χ3n) is 5.01. The topological polar surface area (TPSA) is 88.2 Å². The lowest BCUT2D eigenvalue weighted by Crippen LogP contribution is -2.33. The fourth-order valence-corrected chi connectivity index (χ4v) is 3.43. The van der Waals surface area contributed by atoms with Gasteiger partial charge in [-0.2, -0.15) is 10.2 Å². The number of aryl methyl sites for hydroxylation is 3. The number of hydrogen-bond acceptors (Lipinski definition) is 5. The molecule has 2 N–H and O–H groups in total. The molecule has 142 valence electrons. The second-order valence-corrected chi connectivity index (χ2v) is 6.91. The summed E-state index contributed by atoms with van der Waals surface area (Å²) in [5.41, 5.74) is 5.77. The molecule has 3 heterocycles. The highest BCUT2D eigenvalue weighted by Crippen LogP contribution is 2.20. The molecule has 0 bridgehead atoms. The highest BCUT2D eigenvalue weighted by atomic mass is 16.3. The summed E-state index contributed by atoms with van der Waals surface area (Å²) in [6.07, 6.45) is 1.02. The predicted octanol–water partition coefficient (Wildman–Crippen LogP) is 0.290. The standard InChI is InChI=1S/C18H28N6O2/c1-13-17(14(2)22(3)20-13)12-23-7-8-24-16(11-23)10-15(21-24)4-5-18(26)19-6-9-25/h10,25H,4-9,11-12H2,1-3H3,(H,19,26). The van der Waals surface area contributed by atoms with Crippen LogP contribution in [0.1, 0.15) is 34.8 Å². The molecule has 0 saturated carbocycles. The van der Waals surface area contributed by atoms with Gasteiger partial charge in [0.1, 0.15) is 0 Å².